The topological polar surface area (TPSA) is 97.8 Å². The lowest BCUT2D eigenvalue weighted by Crippen LogP contribution is -2.37. The molecule has 4 rings (SSSR count). The number of morpholine rings is 1. The molecule has 0 radical (unpaired) electrons. The predicted octanol–water partition coefficient (Wildman–Crippen LogP) is 1.76. The van der Waals surface area contributed by atoms with Gasteiger partial charge >= 0.3 is 0 Å². The maximum Gasteiger partial charge on any atom is 0.254 e. The summed E-state index contributed by atoms with van der Waals surface area (Å²) in [6.45, 7) is 3.14. The second-order valence-electron chi connectivity index (χ2n) is 7.07. The molecule has 1 fully saturated rings. The van der Waals surface area contributed by atoms with Crippen LogP contribution in [0.3, 0.4) is 0 Å². The van der Waals surface area contributed by atoms with E-state index in [2.05, 4.69) is 9.62 Å². The summed E-state index contributed by atoms with van der Waals surface area (Å²) < 4.78 is 31.1. The number of nitrogens with zero attached hydrogens (tertiary/aromatic N) is 3. The van der Waals surface area contributed by atoms with Crippen LogP contribution in [-0.4, -0.2) is 60.0 Å². The summed E-state index contributed by atoms with van der Waals surface area (Å²) in [5, 5.41) is 0. The molecule has 1 aromatic heterocycles. The van der Waals surface area contributed by atoms with Crippen molar-refractivity contribution < 1.29 is 18.3 Å². The van der Waals surface area contributed by atoms with Crippen LogP contribution in [0, 0.1) is 0 Å². The van der Waals surface area contributed by atoms with E-state index in [0.29, 0.717) is 49.8 Å². The summed E-state index contributed by atoms with van der Waals surface area (Å²) in [6.07, 6.45) is 1.11. The van der Waals surface area contributed by atoms with E-state index >= 15 is 0 Å². The number of sulfonamides is 1. The molecule has 1 atom stereocenters. The predicted molar refractivity (Wildman–Crippen MR) is 107 cm³/mol. The SMILES string of the molecule is CN1Cc2c(cc(N3CCOCC3)nc2-c2cccc(N[S+](C)(=O)[O-])c2)C1=O. The molecule has 1 saturated heterocycles. The minimum atomic E-state index is -3.39. The average Bonchev–Trinajstić information content (AvgIpc) is 2.95. The molecular formula is C19H22N4O4S. The number of pyridine rings is 1. The lowest BCUT2D eigenvalue weighted by molar-refractivity contribution is 0.0816. The number of carbonyl (C=O) groups is 1. The van der Waals surface area contributed by atoms with Gasteiger partial charge in [0.1, 0.15) is 22.5 Å². The highest BCUT2D eigenvalue weighted by Gasteiger charge is 2.30. The van der Waals surface area contributed by atoms with Crippen LogP contribution in [0.5, 0.6) is 0 Å². The smallest absolute Gasteiger partial charge is 0.254 e. The first-order chi connectivity index (χ1) is 13.3. The summed E-state index contributed by atoms with van der Waals surface area (Å²) in [4.78, 5) is 21.3. The largest absolute Gasteiger partial charge is 0.593 e. The third-order valence-electron chi connectivity index (χ3n) is 4.86. The first kappa shape index (κ1) is 18.9. The molecule has 0 aliphatic carbocycles. The number of aromatic nitrogens is 1. The zero-order valence-electron chi connectivity index (χ0n) is 15.8. The third kappa shape index (κ3) is 3.73. The van der Waals surface area contributed by atoms with Gasteiger partial charge in [0.25, 0.3) is 5.91 Å². The van der Waals surface area contributed by atoms with Gasteiger partial charge in [0.05, 0.1) is 30.2 Å². The zero-order valence-corrected chi connectivity index (χ0v) is 16.6. The summed E-state index contributed by atoms with van der Waals surface area (Å²) >= 11 is 0. The van der Waals surface area contributed by atoms with Crippen molar-refractivity contribution in [2.75, 3.05) is 49.2 Å². The number of nitrogens with one attached hydrogen (secondary N) is 1. The van der Waals surface area contributed by atoms with Crippen LogP contribution in [0.2, 0.25) is 0 Å². The molecule has 9 heteroatoms. The normalized spacial score (nSPS) is 18.8. The fourth-order valence-corrected chi connectivity index (χ4v) is 4.12. The van der Waals surface area contributed by atoms with E-state index < -0.39 is 10.4 Å². The summed E-state index contributed by atoms with van der Waals surface area (Å²) in [5.74, 6) is 0.709. The van der Waals surface area contributed by atoms with E-state index in [-0.39, 0.29) is 5.91 Å². The monoisotopic (exact) mass is 402 g/mol. The van der Waals surface area contributed by atoms with Crippen molar-refractivity contribution in [2.45, 2.75) is 6.54 Å². The Bertz CT molecular complexity index is 968. The highest BCUT2D eigenvalue weighted by Crippen LogP contribution is 2.34. The zero-order chi connectivity index (χ0) is 19.9. The fraction of sp³-hybridized carbons (Fsp3) is 0.368. The molecule has 0 bridgehead atoms. The highest BCUT2D eigenvalue weighted by atomic mass is 32.3. The summed E-state index contributed by atoms with van der Waals surface area (Å²) in [7, 11) is -1.62. The second-order valence-corrected chi connectivity index (χ2v) is 8.82. The first-order valence-corrected chi connectivity index (χ1v) is 10.9. The van der Waals surface area contributed by atoms with Crippen molar-refractivity contribution in [3.05, 3.63) is 41.5 Å². The maximum atomic E-state index is 12.6. The molecule has 8 nitrogen and oxygen atoms in total. The van der Waals surface area contributed by atoms with Crippen molar-refractivity contribution in [2.24, 2.45) is 0 Å². The van der Waals surface area contributed by atoms with Crippen LogP contribution >= 0.6 is 0 Å². The van der Waals surface area contributed by atoms with Crippen LogP contribution in [0.1, 0.15) is 15.9 Å². The van der Waals surface area contributed by atoms with Gasteiger partial charge in [-0.25, -0.2) is 9.71 Å². The van der Waals surface area contributed by atoms with Gasteiger partial charge in [0, 0.05) is 37.8 Å². The molecule has 1 N–H and O–H groups in total. The molecule has 0 spiro atoms. The van der Waals surface area contributed by atoms with Gasteiger partial charge in [-0.2, -0.15) is 0 Å². The molecule has 1 amide bonds. The number of hydrogen-bond donors (Lipinski definition) is 1. The second kappa shape index (κ2) is 7.16. The number of hydrogen-bond acceptors (Lipinski definition) is 6. The van der Waals surface area contributed by atoms with Gasteiger partial charge in [-0.15, -0.1) is 0 Å². The molecule has 2 aromatic rings. The Balaban J connectivity index is 1.81. The Kier molecular flexibility index (Phi) is 4.82. The molecule has 2 aliphatic heterocycles. The Morgan fingerprint density at radius 1 is 1.25 bits per heavy atom. The number of rotatable bonds is 4. The number of anilines is 2. The number of benzene rings is 1. The van der Waals surface area contributed by atoms with Gasteiger partial charge < -0.3 is 19.1 Å². The first-order valence-electron chi connectivity index (χ1n) is 9.02. The number of carbonyl (C=O) groups excluding carboxylic acids is 1. The Labute approximate surface area is 164 Å². The van der Waals surface area contributed by atoms with E-state index in [0.717, 1.165) is 23.2 Å². The molecule has 28 heavy (non-hydrogen) atoms. The van der Waals surface area contributed by atoms with Gasteiger partial charge in [0.15, 0.2) is 0 Å². The Morgan fingerprint density at radius 2 is 2.00 bits per heavy atom. The van der Waals surface area contributed by atoms with Gasteiger partial charge in [-0.1, -0.05) is 16.3 Å². The molecule has 1 aromatic carbocycles. The van der Waals surface area contributed by atoms with Gasteiger partial charge in [0.2, 0.25) is 0 Å². The molecular weight excluding hydrogens is 380 g/mol. The van der Waals surface area contributed by atoms with Crippen molar-refractivity contribution in [3.8, 4) is 11.3 Å². The van der Waals surface area contributed by atoms with E-state index in [4.69, 9.17) is 9.72 Å². The van der Waals surface area contributed by atoms with Crippen molar-refractivity contribution in [1.82, 2.24) is 9.88 Å². The quantitative estimate of drug-likeness (QED) is 0.783. The van der Waals surface area contributed by atoms with Gasteiger partial charge in [-0.3, -0.25) is 4.79 Å². The van der Waals surface area contributed by atoms with Crippen LogP contribution in [-0.2, 0) is 25.9 Å². The standard InChI is InChI=1S/C19H22N4O4S/c1-22-12-16-15(19(22)24)11-17(23-6-8-27-9-7-23)20-18(16)13-4-3-5-14(10-13)21-28(2,25)26/h3-5,10-11H,6-9,12H2,1-2H3,(H-,21,25,26). The lowest BCUT2D eigenvalue weighted by Gasteiger charge is -2.28. The van der Waals surface area contributed by atoms with E-state index in [1.54, 1.807) is 30.1 Å². The molecule has 1 unspecified atom stereocenters. The highest BCUT2D eigenvalue weighted by molar-refractivity contribution is 7.98. The minimum Gasteiger partial charge on any atom is -0.593 e. The van der Waals surface area contributed by atoms with Crippen LogP contribution in [0.15, 0.2) is 30.3 Å². The van der Waals surface area contributed by atoms with Crippen molar-refractivity contribution in [1.29, 1.82) is 0 Å². The lowest BCUT2D eigenvalue weighted by atomic mass is 10.0. The van der Waals surface area contributed by atoms with Crippen molar-refractivity contribution >= 4 is 27.8 Å². The number of ether oxygens (including phenoxy) is 1. The van der Waals surface area contributed by atoms with E-state index in [9.17, 15) is 13.6 Å². The molecule has 2 aliphatic rings. The molecule has 0 saturated carbocycles. The Morgan fingerprint density at radius 3 is 2.71 bits per heavy atom. The van der Waals surface area contributed by atoms with E-state index in [1.165, 1.54) is 0 Å². The maximum absolute atomic E-state index is 12.6. The van der Waals surface area contributed by atoms with E-state index in [1.807, 2.05) is 12.1 Å². The van der Waals surface area contributed by atoms with Crippen LogP contribution in [0.25, 0.3) is 11.3 Å². The summed E-state index contributed by atoms with van der Waals surface area (Å²) in [5.41, 5.74) is 3.44. The van der Waals surface area contributed by atoms with Crippen molar-refractivity contribution in [3.63, 3.8) is 0 Å². The number of fused-ring (bicyclic) bond motifs is 1. The molecule has 3 heterocycles. The minimum absolute atomic E-state index is 0.0291. The fourth-order valence-electron chi connectivity index (χ4n) is 3.56. The Hall–Kier alpha value is -2.49. The van der Waals surface area contributed by atoms with Crippen LogP contribution in [0.4, 0.5) is 11.5 Å². The number of amides is 1. The third-order valence-corrected chi connectivity index (χ3v) is 5.46. The average molecular weight is 402 g/mol. The van der Waals surface area contributed by atoms with Crippen LogP contribution < -0.4 is 9.62 Å². The summed E-state index contributed by atoms with van der Waals surface area (Å²) in [6, 6.07) is 8.94. The molecule has 148 valence electrons. The van der Waals surface area contributed by atoms with Gasteiger partial charge in [-0.05, 0) is 18.2 Å².